The molecular formula is C19H19ClF3N5O2S. The maximum absolute atomic E-state index is 13.1. The largest absolute Gasteiger partial charge is 0.399 e. The van der Waals surface area contributed by atoms with E-state index in [2.05, 4.69) is 21.2 Å². The van der Waals surface area contributed by atoms with Crippen LogP contribution in [0.3, 0.4) is 0 Å². The predicted molar refractivity (Wildman–Crippen MR) is 115 cm³/mol. The summed E-state index contributed by atoms with van der Waals surface area (Å²) in [4.78, 5) is 23.0. The van der Waals surface area contributed by atoms with Crippen LogP contribution >= 0.6 is 23.4 Å². The van der Waals surface area contributed by atoms with Gasteiger partial charge >= 0.3 is 6.18 Å². The smallest absolute Gasteiger partial charge is 0.389 e. The molecule has 2 aromatic rings. The lowest BCUT2D eigenvalue weighted by atomic mass is 10.3. The molecule has 31 heavy (non-hydrogen) atoms. The number of thioether (sulfide) groups is 1. The Labute approximate surface area is 186 Å². The Morgan fingerprint density at radius 2 is 2.26 bits per heavy atom. The molecule has 0 aliphatic heterocycles. The number of alkyl halides is 3. The summed E-state index contributed by atoms with van der Waals surface area (Å²) in [5.41, 5.74) is 0.856. The summed E-state index contributed by atoms with van der Waals surface area (Å²) in [5, 5.41) is 7.93. The van der Waals surface area contributed by atoms with Gasteiger partial charge in [0.15, 0.2) is 10.9 Å². The predicted octanol–water partition coefficient (Wildman–Crippen LogP) is 3.97. The zero-order valence-electron chi connectivity index (χ0n) is 16.5. The molecule has 0 N–H and O–H groups in total. The first-order valence-corrected chi connectivity index (χ1v) is 10.5. The van der Waals surface area contributed by atoms with Crippen LogP contribution in [0.25, 0.3) is 5.69 Å². The van der Waals surface area contributed by atoms with Crippen LogP contribution in [0.15, 0.2) is 35.9 Å². The van der Waals surface area contributed by atoms with E-state index in [1.54, 1.807) is 24.5 Å². The second-order valence-corrected chi connectivity index (χ2v) is 7.51. The quantitative estimate of drug-likeness (QED) is 0.226. The number of amides is 1. The number of halogens is 4. The summed E-state index contributed by atoms with van der Waals surface area (Å²) < 4.78 is 38.3. The lowest BCUT2D eigenvalue weighted by Crippen LogP contribution is -2.38. The van der Waals surface area contributed by atoms with Crippen LogP contribution in [0.4, 0.5) is 18.9 Å². The van der Waals surface area contributed by atoms with Crippen LogP contribution in [0, 0.1) is 12.3 Å². The maximum atomic E-state index is 13.1. The molecule has 0 unspecified atom stereocenters. The van der Waals surface area contributed by atoms with Gasteiger partial charge < -0.3 is 4.84 Å². The highest BCUT2D eigenvalue weighted by atomic mass is 35.5. The van der Waals surface area contributed by atoms with Crippen LogP contribution < -0.4 is 4.90 Å². The molecule has 2 rings (SSSR count). The van der Waals surface area contributed by atoms with Gasteiger partial charge in [-0.3, -0.25) is 14.7 Å². The number of terminal acetylenes is 1. The number of nitrogens with zero attached hydrogens (tertiary/aromatic N) is 5. The van der Waals surface area contributed by atoms with E-state index in [0.717, 1.165) is 11.8 Å². The zero-order valence-corrected chi connectivity index (χ0v) is 18.0. The van der Waals surface area contributed by atoms with Crippen LogP contribution in [0.5, 0.6) is 0 Å². The number of hydrogen-bond acceptors (Lipinski definition) is 6. The summed E-state index contributed by atoms with van der Waals surface area (Å²) in [6, 6.07) is 3.47. The molecule has 0 saturated heterocycles. The molecule has 166 valence electrons. The van der Waals surface area contributed by atoms with E-state index in [1.165, 1.54) is 22.9 Å². The maximum Gasteiger partial charge on any atom is 0.389 e. The van der Waals surface area contributed by atoms with Crippen molar-refractivity contribution in [1.29, 1.82) is 0 Å². The SMILES string of the molecule is C#CCN(C(=O)/C(CSCCCC(F)(F)F)=N/OC)c1cn(-c2cccnc2)nc1Cl. The lowest BCUT2D eigenvalue weighted by Gasteiger charge is -2.19. The minimum atomic E-state index is -4.21. The van der Waals surface area contributed by atoms with Gasteiger partial charge in [0.25, 0.3) is 5.91 Å². The fraction of sp³-hybridized carbons (Fsp3) is 0.368. The molecule has 0 aliphatic carbocycles. The summed E-state index contributed by atoms with van der Waals surface area (Å²) in [5.74, 6) is 2.04. The van der Waals surface area contributed by atoms with Crippen LogP contribution in [0.2, 0.25) is 5.15 Å². The van der Waals surface area contributed by atoms with Gasteiger partial charge in [-0.2, -0.15) is 30.0 Å². The Kier molecular flexibility index (Phi) is 9.21. The minimum Gasteiger partial charge on any atom is -0.399 e. The Hall–Kier alpha value is -2.71. The van der Waals surface area contributed by atoms with Crippen molar-refractivity contribution >= 4 is 40.7 Å². The molecule has 7 nitrogen and oxygen atoms in total. The first kappa shape index (κ1) is 24.6. The fourth-order valence-corrected chi connectivity index (χ4v) is 3.54. The molecule has 0 radical (unpaired) electrons. The Morgan fingerprint density at radius 3 is 2.87 bits per heavy atom. The van der Waals surface area contributed by atoms with Crippen molar-refractivity contribution in [2.24, 2.45) is 5.16 Å². The van der Waals surface area contributed by atoms with Gasteiger partial charge in [0.1, 0.15) is 12.8 Å². The molecular weight excluding hydrogens is 455 g/mol. The summed E-state index contributed by atoms with van der Waals surface area (Å²) in [6.45, 7) is -0.126. The Morgan fingerprint density at radius 1 is 1.48 bits per heavy atom. The first-order valence-electron chi connectivity index (χ1n) is 8.92. The van der Waals surface area contributed by atoms with Gasteiger partial charge in [-0.25, -0.2) is 4.68 Å². The summed E-state index contributed by atoms with van der Waals surface area (Å²) >= 11 is 7.38. The highest BCUT2D eigenvalue weighted by Gasteiger charge is 2.27. The van der Waals surface area contributed by atoms with Gasteiger partial charge in [-0.05, 0) is 24.3 Å². The zero-order chi connectivity index (χ0) is 22.9. The molecule has 0 aliphatic rings. The highest BCUT2D eigenvalue weighted by molar-refractivity contribution is 8.00. The lowest BCUT2D eigenvalue weighted by molar-refractivity contribution is -0.134. The van der Waals surface area contributed by atoms with E-state index in [-0.39, 0.29) is 41.0 Å². The number of pyridine rings is 1. The molecule has 1 amide bonds. The van der Waals surface area contributed by atoms with E-state index < -0.39 is 18.5 Å². The van der Waals surface area contributed by atoms with E-state index in [4.69, 9.17) is 22.9 Å². The average molecular weight is 474 g/mol. The number of anilines is 1. The van der Waals surface area contributed by atoms with Crippen LogP contribution in [0.1, 0.15) is 12.8 Å². The van der Waals surface area contributed by atoms with Gasteiger partial charge in [-0.15, -0.1) is 6.42 Å². The van der Waals surface area contributed by atoms with Crippen molar-refractivity contribution in [1.82, 2.24) is 14.8 Å². The van der Waals surface area contributed by atoms with Gasteiger partial charge in [0.05, 0.1) is 24.6 Å². The monoisotopic (exact) mass is 473 g/mol. The summed E-state index contributed by atoms with van der Waals surface area (Å²) in [6.07, 6.45) is 4.93. The number of oxime groups is 1. The number of hydrogen-bond donors (Lipinski definition) is 0. The van der Waals surface area contributed by atoms with Crippen molar-refractivity contribution < 1.29 is 22.8 Å². The second-order valence-electron chi connectivity index (χ2n) is 6.05. The third-order valence-electron chi connectivity index (χ3n) is 3.78. The third kappa shape index (κ3) is 7.48. The Balaban J connectivity index is 2.16. The van der Waals surface area contributed by atoms with Gasteiger partial charge in [-0.1, -0.05) is 22.7 Å². The molecule has 0 atom stereocenters. The number of carbonyl (C=O) groups is 1. The molecule has 0 saturated carbocycles. The third-order valence-corrected chi connectivity index (χ3v) is 5.11. The topological polar surface area (TPSA) is 72.6 Å². The van der Waals surface area contributed by atoms with Crippen LogP contribution in [-0.2, 0) is 9.63 Å². The standard InChI is InChI=1S/C19H19ClF3N5O2S/c1-3-9-27(16-12-28(25-17(16)20)14-6-4-8-24-11-14)18(29)15(26-30-2)13-31-10-5-7-19(21,22)23/h1,4,6,8,11-12H,5,7,9-10,13H2,2H3/b26-15+. The number of aromatic nitrogens is 3. The Bertz CT molecular complexity index is 944. The van der Waals surface area contributed by atoms with E-state index >= 15 is 0 Å². The fourth-order valence-electron chi connectivity index (χ4n) is 2.44. The highest BCUT2D eigenvalue weighted by Crippen LogP contribution is 2.27. The number of rotatable bonds is 10. The molecule has 2 aromatic heterocycles. The molecule has 0 fully saturated rings. The number of carbonyl (C=O) groups excluding carboxylic acids is 1. The minimum absolute atomic E-state index is 0.0139. The normalized spacial score (nSPS) is 11.8. The second kappa shape index (κ2) is 11.6. The van der Waals surface area contributed by atoms with Crippen molar-refractivity contribution in [2.75, 3.05) is 30.1 Å². The average Bonchev–Trinajstić information content (AvgIpc) is 3.11. The van der Waals surface area contributed by atoms with Gasteiger partial charge in [0, 0.05) is 18.4 Å². The molecule has 2 heterocycles. The first-order chi connectivity index (χ1) is 14.8. The van der Waals surface area contributed by atoms with E-state index in [1.807, 2.05) is 0 Å². The van der Waals surface area contributed by atoms with E-state index in [0.29, 0.717) is 5.69 Å². The van der Waals surface area contributed by atoms with Crippen molar-refractivity contribution in [2.45, 2.75) is 19.0 Å². The van der Waals surface area contributed by atoms with E-state index in [9.17, 15) is 18.0 Å². The summed E-state index contributed by atoms with van der Waals surface area (Å²) in [7, 11) is 1.26. The van der Waals surface area contributed by atoms with Crippen molar-refractivity contribution in [3.63, 3.8) is 0 Å². The van der Waals surface area contributed by atoms with Crippen molar-refractivity contribution in [3.8, 4) is 18.0 Å². The molecule has 12 heteroatoms. The van der Waals surface area contributed by atoms with Crippen molar-refractivity contribution in [3.05, 3.63) is 35.9 Å². The van der Waals surface area contributed by atoms with Gasteiger partial charge in [0.2, 0.25) is 0 Å². The molecule has 0 spiro atoms. The molecule has 0 bridgehead atoms. The van der Waals surface area contributed by atoms with Crippen LogP contribution in [-0.4, -0.2) is 57.7 Å². The molecule has 0 aromatic carbocycles.